The average molecular weight is 346 g/mol. The van der Waals surface area contributed by atoms with Crippen molar-refractivity contribution in [1.29, 1.82) is 0 Å². The van der Waals surface area contributed by atoms with Crippen LogP contribution in [0.5, 0.6) is 5.19 Å². The summed E-state index contributed by atoms with van der Waals surface area (Å²) in [4.78, 5) is 16.8. The summed E-state index contributed by atoms with van der Waals surface area (Å²) in [7, 11) is 1.97. The minimum atomic E-state index is -0.126. The van der Waals surface area contributed by atoms with Crippen molar-refractivity contribution in [2.75, 3.05) is 25.1 Å². The molecule has 6 nitrogen and oxygen atoms in total. The summed E-state index contributed by atoms with van der Waals surface area (Å²) in [5, 5.41) is 9.61. The average Bonchev–Trinajstić information content (AvgIpc) is 3.03. The van der Waals surface area contributed by atoms with Crippen molar-refractivity contribution in [1.82, 2.24) is 15.1 Å². The summed E-state index contributed by atoms with van der Waals surface area (Å²) in [5.74, 6) is 0.157. The molecule has 1 aromatic carbocycles. The number of hydrogen-bond donors (Lipinski definition) is 0. The molecule has 1 aromatic heterocycles. The van der Waals surface area contributed by atoms with E-state index < -0.39 is 0 Å². The van der Waals surface area contributed by atoms with Gasteiger partial charge in [-0.1, -0.05) is 29.5 Å². The first-order valence-electron chi connectivity index (χ1n) is 8.21. The van der Waals surface area contributed by atoms with E-state index in [2.05, 4.69) is 15.1 Å². The number of rotatable bonds is 6. The van der Waals surface area contributed by atoms with E-state index in [-0.39, 0.29) is 11.9 Å². The molecule has 0 spiro atoms. The molecule has 2 aromatic rings. The van der Waals surface area contributed by atoms with Crippen LogP contribution in [0.2, 0.25) is 0 Å². The second kappa shape index (κ2) is 7.72. The Hall–Kier alpha value is -1.99. The van der Waals surface area contributed by atoms with Gasteiger partial charge < -0.3 is 9.64 Å². The fraction of sp³-hybridized carbons (Fsp3) is 0.471. The molecule has 0 aliphatic carbocycles. The normalized spacial score (nSPS) is 18.2. The molecule has 1 amide bonds. The van der Waals surface area contributed by atoms with Crippen molar-refractivity contribution in [2.45, 2.75) is 32.4 Å². The van der Waals surface area contributed by atoms with E-state index in [0.29, 0.717) is 18.3 Å². The molecule has 0 bridgehead atoms. The van der Waals surface area contributed by atoms with Gasteiger partial charge in [-0.05, 0) is 38.9 Å². The van der Waals surface area contributed by atoms with Crippen LogP contribution < -0.4 is 9.64 Å². The number of para-hydroxylation sites is 1. The zero-order chi connectivity index (χ0) is 16.9. The topological polar surface area (TPSA) is 58.6 Å². The number of aromatic nitrogens is 2. The van der Waals surface area contributed by atoms with Crippen LogP contribution in [0, 0.1) is 0 Å². The Morgan fingerprint density at radius 2 is 2.12 bits per heavy atom. The minimum Gasteiger partial charge on any atom is -0.469 e. The number of likely N-dealkylation sites (N-methyl/N-ethyl adjacent to an activating group) is 1. The van der Waals surface area contributed by atoms with Crippen molar-refractivity contribution >= 4 is 22.9 Å². The lowest BCUT2D eigenvalue weighted by molar-refractivity contribution is -0.125. The highest BCUT2D eigenvalue weighted by molar-refractivity contribution is 7.13. The van der Waals surface area contributed by atoms with Gasteiger partial charge in [0, 0.05) is 12.2 Å². The van der Waals surface area contributed by atoms with E-state index in [1.807, 2.05) is 49.2 Å². The first kappa shape index (κ1) is 16.9. The molecule has 2 heterocycles. The van der Waals surface area contributed by atoms with E-state index in [1.165, 1.54) is 11.3 Å². The number of hydrogen-bond acceptors (Lipinski definition) is 6. The lowest BCUT2D eigenvalue weighted by Gasteiger charge is -2.36. The first-order valence-corrected chi connectivity index (χ1v) is 9.02. The van der Waals surface area contributed by atoms with Gasteiger partial charge in [0.05, 0.1) is 19.2 Å². The summed E-state index contributed by atoms with van der Waals surface area (Å²) in [5.41, 5.74) is 0.968. The summed E-state index contributed by atoms with van der Waals surface area (Å²) >= 11 is 1.44. The van der Waals surface area contributed by atoms with Crippen LogP contribution in [-0.4, -0.2) is 47.2 Å². The van der Waals surface area contributed by atoms with Crippen LogP contribution in [-0.2, 0) is 11.3 Å². The van der Waals surface area contributed by atoms with Gasteiger partial charge in [0.1, 0.15) is 5.01 Å². The maximum atomic E-state index is 12.9. The van der Waals surface area contributed by atoms with E-state index in [4.69, 9.17) is 4.74 Å². The molecule has 1 atom stereocenters. The lowest BCUT2D eigenvalue weighted by atomic mass is 10.0. The Balaban J connectivity index is 1.67. The third kappa shape index (κ3) is 3.73. The Kier molecular flexibility index (Phi) is 5.42. The third-order valence-electron chi connectivity index (χ3n) is 4.11. The zero-order valence-corrected chi connectivity index (χ0v) is 14.8. The van der Waals surface area contributed by atoms with Gasteiger partial charge in [0.15, 0.2) is 0 Å². The summed E-state index contributed by atoms with van der Waals surface area (Å²) in [6.45, 7) is 3.88. The molecule has 1 aliphatic rings. The number of amides is 1. The van der Waals surface area contributed by atoms with Gasteiger partial charge in [-0.3, -0.25) is 9.69 Å². The third-order valence-corrected chi connectivity index (χ3v) is 4.93. The monoisotopic (exact) mass is 346 g/mol. The van der Waals surface area contributed by atoms with E-state index in [0.717, 1.165) is 30.1 Å². The van der Waals surface area contributed by atoms with E-state index in [9.17, 15) is 4.79 Å². The lowest BCUT2D eigenvalue weighted by Crippen LogP contribution is -2.51. The smallest absolute Gasteiger partial charge is 0.294 e. The summed E-state index contributed by atoms with van der Waals surface area (Å²) in [6, 6.07) is 9.74. The van der Waals surface area contributed by atoms with Crippen molar-refractivity contribution < 1.29 is 9.53 Å². The number of carbonyl (C=O) groups excluding carboxylic acids is 1. The largest absolute Gasteiger partial charge is 0.469 e. The van der Waals surface area contributed by atoms with Crippen LogP contribution in [0.1, 0.15) is 24.8 Å². The number of benzene rings is 1. The number of anilines is 1. The number of ether oxygens (including phenoxy) is 1. The van der Waals surface area contributed by atoms with Gasteiger partial charge in [-0.15, -0.1) is 10.2 Å². The first-order chi connectivity index (χ1) is 11.7. The predicted octanol–water partition coefficient (Wildman–Crippen LogP) is 2.56. The maximum Gasteiger partial charge on any atom is 0.294 e. The highest BCUT2D eigenvalue weighted by atomic mass is 32.1. The molecule has 0 radical (unpaired) electrons. The van der Waals surface area contributed by atoms with Crippen molar-refractivity contribution in [3.8, 4) is 5.19 Å². The molecule has 1 fully saturated rings. The molecule has 0 N–H and O–H groups in total. The summed E-state index contributed by atoms with van der Waals surface area (Å²) in [6.07, 6.45) is 1.87. The molecule has 1 saturated heterocycles. The number of piperidine rings is 1. The standard InChI is InChI=1S/C17H22N4O2S/c1-3-23-17-19-18-15(24-17)12-20(2)14-10-7-11-21(16(14)22)13-8-5-4-6-9-13/h4-6,8-9,14H,3,7,10-12H2,1-2H3/t14-/m1/s1. The number of nitrogens with zero attached hydrogens (tertiary/aromatic N) is 4. The predicted molar refractivity (Wildman–Crippen MR) is 94.4 cm³/mol. The van der Waals surface area contributed by atoms with Gasteiger partial charge in [0.25, 0.3) is 5.19 Å². The highest BCUT2D eigenvalue weighted by Crippen LogP contribution is 2.25. The van der Waals surface area contributed by atoms with Gasteiger partial charge in [0.2, 0.25) is 5.91 Å². The quantitative estimate of drug-likeness (QED) is 0.804. The fourth-order valence-electron chi connectivity index (χ4n) is 2.94. The highest BCUT2D eigenvalue weighted by Gasteiger charge is 2.32. The van der Waals surface area contributed by atoms with Crippen molar-refractivity contribution in [3.05, 3.63) is 35.3 Å². The molecule has 128 valence electrons. The van der Waals surface area contributed by atoms with Gasteiger partial charge >= 0.3 is 0 Å². The molecule has 7 heteroatoms. The van der Waals surface area contributed by atoms with Crippen LogP contribution in [0.25, 0.3) is 0 Å². The minimum absolute atomic E-state index is 0.126. The second-order valence-corrected chi connectivity index (χ2v) is 6.82. The molecule has 0 unspecified atom stereocenters. The van der Waals surface area contributed by atoms with Crippen molar-refractivity contribution in [3.63, 3.8) is 0 Å². The SMILES string of the molecule is CCOc1nnc(CN(C)[C@@H]2CCCN(c3ccccc3)C2=O)s1. The molecule has 0 saturated carbocycles. The van der Waals surface area contributed by atoms with E-state index >= 15 is 0 Å². The Morgan fingerprint density at radius 3 is 2.88 bits per heavy atom. The van der Waals surface area contributed by atoms with Gasteiger partial charge in [-0.25, -0.2) is 0 Å². The molecule has 3 rings (SSSR count). The molecular formula is C17H22N4O2S. The molecular weight excluding hydrogens is 324 g/mol. The molecule has 1 aliphatic heterocycles. The van der Waals surface area contributed by atoms with Crippen LogP contribution in [0.4, 0.5) is 5.69 Å². The zero-order valence-electron chi connectivity index (χ0n) is 14.0. The number of carbonyl (C=O) groups is 1. The maximum absolute atomic E-state index is 12.9. The van der Waals surface area contributed by atoms with Crippen molar-refractivity contribution in [2.24, 2.45) is 0 Å². The Bertz CT molecular complexity index is 676. The van der Waals surface area contributed by atoms with Crippen LogP contribution in [0.3, 0.4) is 0 Å². The second-order valence-electron chi connectivity index (χ2n) is 5.79. The Morgan fingerprint density at radius 1 is 1.33 bits per heavy atom. The van der Waals surface area contributed by atoms with Gasteiger partial charge in [-0.2, -0.15) is 0 Å². The van der Waals surface area contributed by atoms with Crippen LogP contribution >= 0.6 is 11.3 Å². The Labute approximate surface area is 146 Å². The fourth-order valence-corrected chi connectivity index (χ4v) is 3.75. The van der Waals surface area contributed by atoms with Crippen LogP contribution in [0.15, 0.2) is 30.3 Å². The summed E-state index contributed by atoms with van der Waals surface area (Å²) < 4.78 is 5.36. The molecule has 24 heavy (non-hydrogen) atoms. The van der Waals surface area contributed by atoms with E-state index in [1.54, 1.807) is 0 Å².